The minimum Gasteiger partial charge on any atom is -0.398 e. The minimum absolute atomic E-state index is 0.0413. The van der Waals surface area contributed by atoms with Crippen LogP contribution in [0, 0.1) is 12.8 Å². The zero-order chi connectivity index (χ0) is 14.0. The average molecular weight is 282 g/mol. The van der Waals surface area contributed by atoms with E-state index < -0.39 is 10.0 Å². The number of nitrogens with two attached hydrogens (primary N) is 1. The molecule has 1 fully saturated rings. The normalized spacial score (nSPS) is 24.3. The molecule has 1 aliphatic carbocycles. The predicted octanol–water partition coefficient (Wildman–Crippen LogP) is 2.43. The molecule has 0 heterocycles. The van der Waals surface area contributed by atoms with E-state index in [1.807, 2.05) is 0 Å². The summed E-state index contributed by atoms with van der Waals surface area (Å²) in [5, 5.41) is 0. The number of hydrogen-bond acceptors (Lipinski definition) is 3. The molecule has 0 spiro atoms. The monoisotopic (exact) mass is 282 g/mol. The molecule has 1 aromatic carbocycles. The zero-order valence-electron chi connectivity index (χ0n) is 11.5. The highest BCUT2D eigenvalue weighted by atomic mass is 32.2. The lowest BCUT2D eigenvalue weighted by molar-refractivity contribution is 0.310. The molecule has 0 amide bonds. The van der Waals surface area contributed by atoms with Crippen LogP contribution in [0.5, 0.6) is 0 Å². The number of benzene rings is 1. The van der Waals surface area contributed by atoms with Crippen LogP contribution >= 0.6 is 0 Å². The molecule has 2 unspecified atom stereocenters. The summed E-state index contributed by atoms with van der Waals surface area (Å²) in [5.41, 5.74) is 6.92. The van der Waals surface area contributed by atoms with Crippen molar-refractivity contribution in [2.75, 3.05) is 5.73 Å². The Labute approximate surface area is 115 Å². The third-order valence-corrected chi connectivity index (χ3v) is 5.67. The molecule has 0 bridgehead atoms. The number of sulfonamides is 1. The van der Waals surface area contributed by atoms with Crippen LogP contribution in [0.3, 0.4) is 0 Å². The van der Waals surface area contributed by atoms with Gasteiger partial charge in [0.1, 0.15) is 0 Å². The van der Waals surface area contributed by atoms with E-state index in [0.717, 1.165) is 19.3 Å². The van der Waals surface area contributed by atoms with E-state index in [-0.39, 0.29) is 6.04 Å². The Morgan fingerprint density at radius 2 is 1.95 bits per heavy atom. The molecule has 2 rings (SSSR count). The van der Waals surface area contributed by atoms with Gasteiger partial charge in [-0.05, 0) is 43.4 Å². The number of hydrogen-bond donors (Lipinski definition) is 2. The molecular formula is C14H22N2O2S. The van der Waals surface area contributed by atoms with E-state index in [9.17, 15) is 8.42 Å². The van der Waals surface area contributed by atoms with E-state index in [1.165, 1.54) is 6.42 Å². The maximum absolute atomic E-state index is 12.5. The Morgan fingerprint density at radius 3 is 2.63 bits per heavy atom. The maximum Gasteiger partial charge on any atom is 0.241 e. The Morgan fingerprint density at radius 1 is 1.26 bits per heavy atom. The van der Waals surface area contributed by atoms with Crippen molar-refractivity contribution in [3.8, 4) is 0 Å². The van der Waals surface area contributed by atoms with Crippen LogP contribution in [0.4, 0.5) is 5.69 Å². The second-order valence-electron chi connectivity index (χ2n) is 5.46. The van der Waals surface area contributed by atoms with Crippen LogP contribution in [0.15, 0.2) is 23.1 Å². The van der Waals surface area contributed by atoms with Crippen LogP contribution in [0.1, 0.15) is 38.2 Å². The summed E-state index contributed by atoms with van der Waals surface area (Å²) >= 11 is 0. The maximum atomic E-state index is 12.5. The molecular weight excluding hydrogens is 260 g/mol. The van der Waals surface area contributed by atoms with Crippen LogP contribution in [-0.2, 0) is 10.0 Å². The average Bonchev–Trinajstić information content (AvgIpc) is 2.35. The summed E-state index contributed by atoms with van der Waals surface area (Å²) in [5.74, 6) is 0.393. The number of nitrogen functional groups attached to an aromatic ring is 1. The summed E-state index contributed by atoms with van der Waals surface area (Å²) in [6, 6.07) is 5.06. The van der Waals surface area contributed by atoms with Gasteiger partial charge in [0.15, 0.2) is 0 Å². The Bertz CT molecular complexity index is 555. The fourth-order valence-electron chi connectivity index (χ4n) is 2.68. The molecule has 0 radical (unpaired) electrons. The fourth-order valence-corrected chi connectivity index (χ4v) is 4.33. The van der Waals surface area contributed by atoms with Gasteiger partial charge in [-0.15, -0.1) is 0 Å². The van der Waals surface area contributed by atoms with E-state index in [0.29, 0.717) is 22.1 Å². The highest BCUT2D eigenvalue weighted by molar-refractivity contribution is 7.89. The smallest absolute Gasteiger partial charge is 0.241 e. The van der Waals surface area contributed by atoms with Crippen LogP contribution < -0.4 is 10.5 Å². The quantitative estimate of drug-likeness (QED) is 0.836. The third-order valence-electron chi connectivity index (χ3n) is 4.03. The standard InChI is InChI=1S/C14H22N2O2S/c1-10-6-3-4-8-13(10)16-19(17,18)14-9-5-7-12(15)11(14)2/h5,7,9-10,13,16H,3-4,6,8,15H2,1-2H3. The Hall–Kier alpha value is -1.07. The van der Waals surface area contributed by atoms with Gasteiger partial charge in [-0.2, -0.15) is 0 Å². The van der Waals surface area contributed by atoms with Crippen molar-refractivity contribution >= 4 is 15.7 Å². The van der Waals surface area contributed by atoms with Crippen molar-refractivity contribution in [2.45, 2.75) is 50.5 Å². The lowest BCUT2D eigenvalue weighted by Crippen LogP contribution is -2.41. The second-order valence-corrected chi connectivity index (χ2v) is 7.14. The van der Waals surface area contributed by atoms with Gasteiger partial charge >= 0.3 is 0 Å². The molecule has 4 nitrogen and oxygen atoms in total. The lowest BCUT2D eigenvalue weighted by Gasteiger charge is -2.29. The topological polar surface area (TPSA) is 72.2 Å². The molecule has 0 aliphatic heterocycles. The molecule has 106 valence electrons. The van der Waals surface area contributed by atoms with Crippen molar-refractivity contribution in [2.24, 2.45) is 5.92 Å². The van der Waals surface area contributed by atoms with E-state index >= 15 is 0 Å². The van der Waals surface area contributed by atoms with E-state index in [1.54, 1.807) is 25.1 Å². The molecule has 5 heteroatoms. The van der Waals surface area contributed by atoms with Gasteiger partial charge < -0.3 is 5.73 Å². The van der Waals surface area contributed by atoms with Crippen molar-refractivity contribution in [1.29, 1.82) is 0 Å². The molecule has 0 saturated heterocycles. The fraction of sp³-hybridized carbons (Fsp3) is 0.571. The Balaban J connectivity index is 2.25. The van der Waals surface area contributed by atoms with Crippen molar-refractivity contribution in [3.63, 3.8) is 0 Å². The lowest BCUT2D eigenvalue weighted by atomic mass is 9.87. The first-order valence-corrected chi connectivity index (χ1v) is 8.27. The van der Waals surface area contributed by atoms with Gasteiger partial charge in [-0.3, -0.25) is 0 Å². The van der Waals surface area contributed by atoms with Crippen molar-refractivity contribution in [3.05, 3.63) is 23.8 Å². The van der Waals surface area contributed by atoms with Gasteiger partial charge in [-0.1, -0.05) is 25.8 Å². The molecule has 2 atom stereocenters. The second kappa shape index (κ2) is 5.51. The molecule has 19 heavy (non-hydrogen) atoms. The highest BCUT2D eigenvalue weighted by Crippen LogP contribution is 2.26. The summed E-state index contributed by atoms with van der Waals surface area (Å²) in [6.45, 7) is 3.85. The van der Waals surface area contributed by atoms with Crippen molar-refractivity contribution < 1.29 is 8.42 Å². The first-order valence-electron chi connectivity index (χ1n) is 6.79. The zero-order valence-corrected chi connectivity index (χ0v) is 12.3. The summed E-state index contributed by atoms with van der Waals surface area (Å²) in [4.78, 5) is 0.297. The van der Waals surface area contributed by atoms with Gasteiger partial charge in [0.25, 0.3) is 0 Å². The third kappa shape index (κ3) is 3.09. The largest absolute Gasteiger partial charge is 0.398 e. The summed E-state index contributed by atoms with van der Waals surface area (Å²) in [7, 11) is -3.48. The summed E-state index contributed by atoms with van der Waals surface area (Å²) < 4.78 is 27.8. The van der Waals surface area contributed by atoms with Crippen LogP contribution in [0.2, 0.25) is 0 Å². The number of nitrogens with one attached hydrogen (secondary N) is 1. The SMILES string of the molecule is Cc1c(N)cccc1S(=O)(=O)NC1CCCCC1C. The number of rotatable bonds is 3. The van der Waals surface area contributed by atoms with E-state index in [4.69, 9.17) is 5.73 Å². The molecule has 1 saturated carbocycles. The highest BCUT2D eigenvalue weighted by Gasteiger charge is 2.27. The first-order chi connectivity index (χ1) is 8.92. The molecule has 1 aliphatic rings. The van der Waals surface area contributed by atoms with Gasteiger partial charge in [-0.25, -0.2) is 13.1 Å². The Kier molecular flexibility index (Phi) is 4.16. The van der Waals surface area contributed by atoms with E-state index in [2.05, 4.69) is 11.6 Å². The van der Waals surface area contributed by atoms with Crippen molar-refractivity contribution in [1.82, 2.24) is 4.72 Å². The summed E-state index contributed by atoms with van der Waals surface area (Å²) in [6.07, 6.45) is 4.29. The van der Waals surface area contributed by atoms with Gasteiger partial charge in [0.2, 0.25) is 10.0 Å². The molecule has 0 aromatic heterocycles. The minimum atomic E-state index is -3.48. The van der Waals surface area contributed by atoms with Gasteiger partial charge in [0.05, 0.1) is 4.90 Å². The first kappa shape index (κ1) is 14.3. The number of anilines is 1. The van der Waals surface area contributed by atoms with Crippen LogP contribution in [0.25, 0.3) is 0 Å². The van der Waals surface area contributed by atoms with Gasteiger partial charge in [0, 0.05) is 11.7 Å². The predicted molar refractivity (Wildman–Crippen MR) is 77.3 cm³/mol. The van der Waals surface area contributed by atoms with Crippen LogP contribution in [-0.4, -0.2) is 14.5 Å². The molecule has 1 aromatic rings. The molecule has 3 N–H and O–H groups in total.